The fourth-order valence-corrected chi connectivity index (χ4v) is 5.62. The summed E-state index contributed by atoms with van der Waals surface area (Å²) < 4.78 is 43.8. The molecule has 0 unspecified atom stereocenters. The van der Waals surface area contributed by atoms with Gasteiger partial charge in [0.1, 0.15) is 11.3 Å². The van der Waals surface area contributed by atoms with Crippen LogP contribution in [0.15, 0.2) is 36.4 Å². The molecule has 12 nitrogen and oxygen atoms in total. The third kappa shape index (κ3) is 6.96. The highest BCUT2D eigenvalue weighted by atomic mass is 32.1. The summed E-state index contributed by atoms with van der Waals surface area (Å²) in [5.41, 5.74) is 6.47. The molecule has 3 amide bonds. The number of likely N-dealkylation sites (N-methyl/N-ethyl adjacent to an activating group) is 2. The Labute approximate surface area is 260 Å². The summed E-state index contributed by atoms with van der Waals surface area (Å²) in [6.45, 7) is 0. The molecule has 0 saturated heterocycles. The normalized spacial score (nSPS) is 15.9. The molecule has 0 radical (unpaired) electrons. The van der Waals surface area contributed by atoms with Crippen LogP contribution < -0.4 is 21.1 Å². The van der Waals surface area contributed by atoms with E-state index >= 15 is 0 Å². The fraction of sp³-hybridized carbons (Fsp3) is 0.414. The Morgan fingerprint density at radius 3 is 2.18 bits per heavy atom. The summed E-state index contributed by atoms with van der Waals surface area (Å²) in [6, 6.07) is 9.00. The second-order valence-corrected chi connectivity index (χ2v) is 12.6. The Bertz CT molecular complexity index is 1790. The van der Waals surface area contributed by atoms with Gasteiger partial charge in [0.2, 0.25) is 17.8 Å². The number of nitrogens with zero attached hydrogens (tertiary/aromatic N) is 5. The summed E-state index contributed by atoms with van der Waals surface area (Å²) >= 11 is 1.15. The number of rotatable bonds is 7. The number of anilines is 2. The minimum Gasteiger partial charge on any atom is -0.406 e. The first-order chi connectivity index (χ1) is 21.0. The van der Waals surface area contributed by atoms with Gasteiger partial charge in [-0.25, -0.2) is 9.97 Å². The number of carbonyl (C=O) groups is 3. The minimum absolute atomic E-state index is 0.0579. The van der Waals surface area contributed by atoms with Crippen LogP contribution in [-0.4, -0.2) is 87.7 Å². The zero-order valence-corrected chi connectivity index (χ0v) is 26.1. The van der Waals surface area contributed by atoms with Gasteiger partial charge in [0.25, 0.3) is 5.91 Å². The third-order valence-corrected chi connectivity index (χ3v) is 8.43. The summed E-state index contributed by atoms with van der Waals surface area (Å²) in [4.78, 5) is 48.2. The molecular weight excluding hydrogens is 613 g/mol. The van der Waals surface area contributed by atoms with Crippen LogP contribution in [-0.2, 0) is 16.6 Å². The van der Waals surface area contributed by atoms with Crippen molar-refractivity contribution < 1.29 is 32.3 Å². The molecule has 0 atom stereocenters. The molecule has 2 aliphatic rings. The average molecular weight is 647 g/mol. The van der Waals surface area contributed by atoms with E-state index in [9.17, 15) is 27.6 Å². The fourth-order valence-electron chi connectivity index (χ4n) is 4.73. The maximum atomic E-state index is 12.8. The number of amides is 3. The number of ether oxygens (including phenoxy) is 1. The summed E-state index contributed by atoms with van der Waals surface area (Å²) in [5.74, 6) is -0.307. The molecule has 240 valence electrons. The molecule has 2 aliphatic carbocycles. The van der Waals surface area contributed by atoms with E-state index in [0.717, 1.165) is 29.7 Å². The van der Waals surface area contributed by atoms with E-state index in [0.29, 0.717) is 45.2 Å². The molecule has 2 fully saturated rings. The molecule has 0 bridgehead atoms. The molecule has 4 aromatic rings. The second kappa shape index (κ2) is 11.5. The smallest absolute Gasteiger partial charge is 0.406 e. The van der Waals surface area contributed by atoms with Gasteiger partial charge in [0.05, 0.1) is 26.8 Å². The van der Waals surface area contributed by atoms with Crippen LogP contribution in [0.2, 0.25) is 0 Å². The van der Waals surface area contributed by atoms with Crippen LogP contribution in [0.1, 0.15) is 36.0 Å². The Morgan fingerprint density at radius 2 is 1.62 bits per heavy atom. The largest absolute Gasteiger partial charge is 0.573 e. The van der Waals surface area contributed by atoms with E-state index in [4.69, 9.17) is 5.73 Å². The SMILES string of the molecule is CN(C)C(=O)C1(N)CC1.CN(C)C(=O)C1(NC(=O)c2ccc3c(c2)nc(Nc2nc4ccc(OC(F)(F)F)cc4s2)n3C)CC1. The first-order valence-electron chi connectivity index (χ1n) is 13.9. The van der Waals surface area contributed by atoms with Gasteiger partial charge >= 0.3 is 6.36 Å². The number of hydrogen-bond acceptors (Lipinski definition) is 9. The Kier molecular flexibility index (Phi) is 8.16. The van der Waals surface area contributed by atoms with Crippen molar-refractivity contribution in [3.05, 3.63) is 42.0 Å². The van der Waals surface area contributed by atoms with Gasteiger partial charge in [-0.1, -0.05) is 11.3 Å². The van der Waals surface area contributed by atoms with Crippen molar-refractivity contribution in [2.75, 3.05) is 33.5 Å². The molecule has 2 aromatic carbocycles. The molecule has 4 N–H and O–H groups in total. The maximum Gasteiger partial charge on any atom is 0.573 e. The Balaban J connectivity index is 0.000000383. The summed E-state index contributed by atoms with van der Waals surface area (Å²) in [7, 11) is 8.56. The second-order valence-electron chi connectivity index (χ2n) is 11.6. The first-order valence-corrected chi connectivity index (χ1v) is 14.8. The number of fused-ring (bicyclic) bond motifs is 2. The van der Waals surface area contributed by atoms with Gasteiger partial charge < -0.3 is 35.5 Å². The first kappa shape index (κ1) is 32.0. The molecule has 0 spiro atoms. The zero-order valence-electron chi connectivity index (χ0n) is 25.3. The van der Waals surface area contributed by atoms with Crippen LogP contribution in [0.25, 0.3) is 21.3 Å². The lowest BCUT2D eigenvalue weighted by Gasteiger charge is -2.21. The summed E-state index contributed by atoms with van der Waals surface area (Å²) in [5, 5.41) is 6.38. The molecule has 16 heteroatoms. The number of nitrogens with one attached hydrogen (secondary N) is 2. The van der Waals surface area contributed by atoms with Crippen LogP contribution >= 0.6 is 11.3 Å². The molecule has 2 heterocycles. The van der Waals surface area contributed by atoms with Crippen LogP contribution in [0.5, 0.6) is 5.75 Å². The van der Waals surface area contributed by atoms with E-state index < -0.39 is 17.4 Å². The number of nitrogens with two attached hydrogens (primary N) is 1. The molecule has 2 aromatic heterocycles. The predicted molar refractivity (Wildman–Crippen MR) is 163 cm³/mol. The quantitative estimate of drug-likeness (QED) is 0.275. The van der Waals surface area contributed by atoms with E-state index in [2.05, 4.69) is 25.3 Å². The number of hydrogen-bond donors (Lipinski definition) is 3. The highest BCUT2D eigenvalue weighted by Crippen LogP contribution is 2.38. The van der Waals surface area contributed by atoms with Crippen molar-refractivity contribution in [3.8, 4) is 5.75 Å². The van der Waals surface area contributed by atoms with Crippen molar-refractivity contribution in [1.29, 1.82) is 0 Å². The minimum atomic E-state index is -4.77. The van der Waals surface area contributed by atoms with E-state index in [1.807, 2.05) is 0 Å². The third-order valence-electron chi connectivity index (χ3n) is 7.49. The Morgan fingerprint density at radius 1 is 0.956 bits per heavy atom. The number of carbonyl (C=O) groups excluding carboxylic acids is 3. The van der Waals surface area contributed by atoms with Crippen molar-refractivity contribution in [1.82, 2.24) is 29.7 Å². The van der Waals surface area contributed by atoms with Gasteiger partial charge in [0.15, 0.2) is 5.13 Å². The average Bonchev–Trinajstić information content (AvgIpc) is 3.85. The number of aryl methyl sites for hydroxylation is 1. The maximum absolute atomic E-state index is 12.8. The lowest BCUT2D eigenvalue weighted by Crippen LogP contribution is -2.48. The van der Waals surface area contributed by atoms with Gasteiger partial charge in [-0.15, -0.1) is 13.2 Å². The standard InChI is InChI=1S/C23H21F3N6O3S.C6H12N2O/c1-31(2)19(34)22(8-9-22)30-18(33)12-4-7-16-15(10-12)27-20(32(16)3)29-21-28-14-6-5-13(11-17(14)36-21)35-23(24,25)26;1-8(2)5(9)6(7)3-4-6/h4-7,10-11H,8-9H2,1-3H3,(H,30,33)(H,27,28,29);3-4,7H2,1-2H3. The number of alkyl halides is 3. The van der Waals surface area contributed by atoms with Gasteiger partial charge in [0, 0.05) is 46.9 Å². The van der Waals surface area contributed by atoms with E-state index in [1.54, 1.807) is 62.9 Å². The van der Waals surface area contributed by atoms with Crippen LogP contribution in [0.4, 0.5) is 24.3 Å². The van der Waals surface area contributed by atoms with Crippen LogP contribution in [0.3, 0.4) is 0 Å². The molecule has 6 rings (SSSR count). The molecular formula is C29H33F3N8O4S. The number of halogens is 3. The van der Waals surface area contributed by atoms with Gasteiger partial charge in [-0.3, -0.25) is 14.4 Å². The number of thiazole rings is 1. The van der Waals surface area contributed by atoms with Crippen molar-refractivity contribution in [3.63, 3.8) is 0 Å². The summed E-state index contributed by atoms with van der Waals surface area (Å²) in [6.07, 6.45) is -1.87. The monoisotopic (exact) mass is 646 g/mol. The van der Waals surface area contributed by atoms with E-state index in [-0.39, 0.29) is 23.5 Å². The van der Waals surface area contributed by atoms with Crippen LogP contribution in [0, 0.1) is 0 Å². The molecule has 45 heavy (non-hydrogen) atoms. The Hall–Kier alpha value is -4.44. The number of aromatic nitrogens is 3. The highest BCUT2D eigenvalue weighted by Gasteiger charge is 2.52. The van der Waals surface area contributed by atoms with E-state index in [1.165, 1.54) is 23.1 Å². The van der Waals surface area contributed by atoms with Gasteiger partial charge in [-0.2, -0.15) is 0 Å². The molecule has 0 aliphatic heterocycles. The number of benzene rings is 2. The van der Waals surface area contributed by atoms with Crippen molar-refractivity contribution in [2.24, 2.45) is 12.8 Å². The van der Waals surface area contributed by atoms with Crippen molar-refractivity contribution >= 4 is 61.4 Å². The highest BCUT2D eigenvalue weighted by molar-refractivity contribution is 7.22. The topological polar surface area (TPSA) is 148 Å². The predicted octanol–water partition coefficient (Wildman–Crippen LogP) is 3.74. The molecule has 2 saturated carbocycles. The lowest BCUT2D eigenvalue weighted by molar-refractivity contribution is -0.274. The van der Waals surface area contributed by atoms with Gasteiger partial charge in [-0.05, 0) is 56.0 Å². The number of imidazole rings is 1. The van der Waals surface area contributed by atoms with Crippen molar-refractivity contribution in [2.45, 2.75) is 43.1 Å². The lowest BCUT2D eigenvalue weighted by atomic mass is 10.1. The zero-order chi connectivity index (χ0) is 32.9.